The Morgan fingerprint density at radius 1 is 0.667 bits per heavy atom. The van der Waals surface area contributed by atoms with Crippen molar-refractivity contribution in [3.05, 3.63) is 0 Å². The van der Waals surface area contributed by atoms with Gasteiger partial charge in [0, 0.05) is 26.2 Å². The van der Waals surface area contributed by atoms with E-state index >= 15 is 0 Å². The maximum Gasteiger partial charge on any atom is 2.00 e. The molecule has 0 unspecified atom stereocenters. The van der Waals surface area contributed by atoms with Gasteiger partial charge in [0.1, 0.15) is 0 Å². The van der Waals surface area contributed by atoms with Crippen LogP contribution >= 0.6 is 24.4 Å². The molecule has 21 heavy (non-hydrogen) atoms. The van der Waals surface area contributed by atoms with Crippen molar-refractivity contribution in [1.29, 1.82) is 0 Å². The monoisotopic (exact) mass is 458 g/mol. The van der Waals surface area contributed by atoms with Gasteiger partial charge in [-0.05, 0) is 25.7 Å². The minimum absolute atomic E-state index is 0. The Labute approximate surface area is 167 Å². The third kappa shape index (κ3) is 17.1. The number of thiocarbonyl (C=S) groups is 2. The summed E-state index contributed by atoms with van der Waals surface area (Å²) in [5.41, 5.74) is 0. The average Bonchev–Trinajstić information content (AvgIpc) is 2.38. The van der Waals surface area contributed by atoms with Crippen molar-refractivity contribution in [3.63, 3.8) is 0 Å². The second kappa shape index (κ2) is 18.9. The van der Waals surface area contributed by atoms with Gasteiger partial charge in [0.25, 0.3) is 0 Å². The molecule has 0 heterocycles. The molecule has 0 spiro atoms. The average molecular weight is 459 g/mol. The summed E-state index contributed by atoms with van der Waals surface area (Å²) in [4.78, 5) is 4.15. The van der Waals surface area contributed by atoms with Gasteiger partial charge in [0.05, 0.1) is 0 Å². The van der Waals surface area contributed by atoms with Crippen molar-refractivity contribution in [2.75, 3.05) is 26.2 Å². The van der Waals surface area contributed by atoms with Gasteiger partial charge in [-0.2, -0.15) is 0 Å². The van der Waals surface area contributed by atoms with Crippen LogP contribution in [0.15, 0.2) is 0 Å². The molecule has 0 aliphatic rings. The maximum atomic E-state index is 4.89. The van der Waals surface area contributed by atoms with Gasteiger partial charge in [0.2, 0.25) is 0 Å². The van der Waals surface area contributed by atoms with Crippen molar-refractivity contribution >= 4 is 58.3 Å². The Morgan fingerprint density at radius 3 is 0.952 bits per heavy atom. The van der Waals surface area contributed by atoms with Crippen molar-refractivity contribution in [2.45, 2.75) is 53.4 Å². The zero-order valence-corrected chi connectivity index (χ0v) is 18.3. The first-order valence-corrected chi connectivity index (χ1v) is 8.99. The van der Waals surface area contributed by atoms with Crippen molar-refractivity contribution in [1.82, 2.24) is 9.80 Å². The van der Waals surface area contributed by atoms with E-state index in [0.717, 1.165) is 51.9 Å². The third-order valence-corrected chi connectivity index (χ3v) is 3.52. The maximum absolute atomic E-state index is 4.89. The SMILES string of the molecule is CCCN(CCC)C(=S)[S-].CCCN(CCC)C(=S)[S-].[Pd+2]. The van der Waals surface area contributed by atoms with Gasteiger partial charge in [-0.25, -0.2) is 0 Å². The molecule has 0 radical (unpaired) electrons. The van der Waals surface area contributed by atoms with Crippen LogP contribution in [0.1, 0.15) is 53.4 Å². The molecule has 0 saturated heterocycles. The minimum Gasteiger partial charge on any atom is -0.411 e. The quantitative estimate of drug-likeness (QED) is 0.307. The molecule has 0 fully saturated rings. The van der Waals surface area contributed by atoms with Gasteiger partial charge in [0.15, 0.2) is 0 Å². The molecule has 0 aromatic rings. The van der Waals surface area contributed by atoms with E-state index in [0.29, 0.717) is 8.64 Å². The van der Waals surface area contributed by atoms with Crippen molar-refractivity contribution in [2.24, 2.45) is 0 Å². The Hall–Kier alpha value is 0.882. The molecule has 0 aromatic carbocycles. The fraction of sp³-hybridized carbons (Fsp3) is 0.857. The fourth-order valence-corrected chi connectivity index (χ4v) is 2.40. The molecule has 0 rings (SSSR count). The van der Waals surface area contributed by atoms with Crippen LogP contribution in [0.5, 0.6) is 0 Å². The molecule has 0 aromatic heterocycles. The van der Waals surface area contributed by atoms with Crippen LogP contribution in [0.4, 0.5) is 0 Å². The first-order chi connectivity index (χ1) is 9.44. The molecule has 0 saturated carbocycles. The normalized spacial score (nSPS) is 8.95. The van der Waals surface area contributed by atoms with Gasteiger partial charge in [-0.1, -0.05) is 36.3 Å². The van der Waals surface area contributed by atoms with E-state index < -0.39 is 0 Å². The topological polar surface area (TPSA) is 6.48 Å². The zero-order chi connectivity index (χ0) is 16.0. The fourth-order valence-electron chi connectivity index (χ4n) is 1.67. The molecule has 0 aliphatic carbocycles. The van der Waals surface area contributed by atoms with Crippen LogP contribution in [0.25, 0.3) is 0 Å². The first kappa shape index (κ1) is 26.8. The van der Waals surface area contributed by atoms with E-state index in [1.807, 2.05) is 0 Å². The number of hydrogen-bond acceptors (Lipinski definition) is 4. The molecular weight excluding hydrogens is 431 g/mol. The van der Waals surface area contributed by atoms with Gasteiger partial charge >= 0.3 is 20.4 Å². The van der Waals surface area contributed by atoms with E-state index in [2.05, 4.69) is 37.5 Å². The van der Waals surface area contributed by atoms with Crippen LogP contribution < -0.4 is 0 Å². The van der Waals surface area contributed by atoms with Crippen LogP contribution in [0, 0.1) is 0 Å². The van der Waals surface area contributed by atoms with Crippen LogP contribution in [0.2, 0.25) is 0 Å². The molecule has 0 atom stereocenters. The molecule has 0 bridgehead atoms. The minimum atomic E-state index is 0. The zero-order valence-electron chi connectivity index (χ0n) is 13.5. The van der Waals surface area contributed by atoms with Gasteiger partial charge < -0.3 is 59.5 Å². The Kier molecular flexibility index (Phi) is 24.1. The summed E-state index contributed by atoms with van der Waals surface area (Å²) in [6, 6.07) is 0. The second-order valence-electron chi connectivity index (χ2n) is 4.51. The summed E-state index contributed by atoms with van der Waals surface area (Å²) < 4.78 is 1.23. The molecule has 2 nitrogen and oxygen atoms in total. The molecule has 0 N–H and O–H groups in total. The Bertz CT molecular complexity index is 227. The predicted octanol–water partition coefficient (Wildman–Crippen LogP) is 3.88. The van der Waals surface area contributed by atoms with Crippen LogP contribution in [0.3, 0.4) is 0 Å². The van der Waals surface area contributed by atoms with E-state index in [1.165, 1.54) is 0 Å². The predicted molar refractivity (Wildman–Crippen MR) is 104 cm³/mol. The number of nitrogens with zero attached hydrogens (tertiary/aromatic N) is 2. The van der Waals surface area contributed by atoms with E-state index in [4.69, 9.17) is 49.7 Å². The smallest absolute Gasteiger partial charge is 0.411 e. The van der Waals surface area contributed by atoms with Crippen LogP contribution in [-0.4, -0.2) is 44.6 Å². The summed E-state index contributed by atoms with van der Waals surface area (Å²) in [7, 11) is 0. The second-order valence-corrected chi connectivity index (χ2v) is 6.57. The summed E-state index contributed by atoms with van der Waals surface area (Å²) in [6.45, 7) is 12.6. The number of rotatable bonds is 8. The molecule has 0 amide bonds. The molecule has 7 heteroatoms. The molecule has 0 aliphatic heterocycles. The Balaban J connectivity index is -0.000000295. The summed E-state index contributed by atoms with van der Waals surface area (Å²) in [6.07, 6.45) is 4.49. The molecule has 128 valence electrons. The van der Waals surface area contributed by atoms with Gasteiger partial charge in [-0.3, -0.25) is 0 Å². The number of hydrogen-bond donors (Lipinski definition) is 0. The Morgan fingerprint density at radius 2 is 0.857 bits per heavy atom. The van der Waals surface area contributed by atoms with Crippen molar-refractivity contribution in [3.8, 4) is 0 Å². The van der Waals surface area contributed by atoms with Crippen molar-refractivity contribution < 1.29 is 20.4 Å². The van der Waals surface area contributed by atoms with Gasteiger partial charge in [-0.15, -0.1) is 0 Å². The van der Waals surface area contributed by atoms with E-state index in [-0.39, 0.29) is 20.4 Å². The van der Waals surface area contributed by atoms with E-state index in [1.54, 1.807) is 0 Å². The van der Waals surface area contributed by atoms with Crippen LogP contribution in [-0.2, 0) is 45.7 Å². The largest absolute Gasteiger partial charge is 2.00 e. The molecular formula is C14H28N2PdS4. The summed E-state index contributed by atoms with van der Waals surface area (Å²) in [5, 5.41) is 0. The standard InChI is InChI=1S/2C7H15NS2.Pd/c2*1-3-5-8(6-4-2)7(9)10;/h2*3-6H2,1-2H3,(H,9,10);/q;;+2/p-2. The third-order valence-electron chi connectivity index (χ3n) is 2.49. The first-order valence-electron chi connectivity index (χ1n) is 7.36. The summed E-state index contributed by atoms with van der Waals surface area (Å²) >= 11 is 19.6. The summed E-state index contributed by atoms with van der Waals surface area (Å²) in [5.74, 6) is 0. The van der Waals surface area contributed by atoms with E-state index in [9.17, 15) is 0 Å².